The summed E-state index contributed by atoms with van der Waals surface area (Å²) < 4.78 is 8.35. The van der Waals surface area contributed by atoms with Gasteiger partial charge in [-0.3, -0.25) is 0 Å². The molecule has 1 nitrogen and oxygen atoms in total. The van der Waals surface area contributed by atoms with E-state index in [4.69, 9.17) is 4.43 Å². The summed E-state index contributed by atoms with van der Waals surface area (Å²) in [7, 11) is -4.71. The van der Waals surface area contributed by atoms with Crippen molar-refractivity contribution in [2.45, 2.75) is 19.7 Å². The van der Waals surface area contributed by atoms with Gasteiger partial charge in [-0.1, -0.05) is 143 Å². The van der Waals surface area contributed by atoms with E-state index in [1.54, 1.807) is 0 Å². The third-order valence-electron chi connectivity index (χ3n) is 6.14. The molecule has 0 aliphatic heterocycles. The van der Waals surface area contributed by atoms with E-state index in [1.165, 1.54) is 21.1 Å². The van der Waals surface area contributed by atoms with Crippen LogP contribution < -0.4 is 15.6 Å². The Morgan fingerprint density at radius 1 is 0.581 bits per heavy atom. The average molecular weight is 504 g/mol. The molecular weight excluding hydrogens is 476 g/mol. The van der Waals surface area contributed by atoms with Gasteiger partial charge in [-0.05, 0) is 22.0 Å². The van der Waals surface area contributed by atoms with Crippen molar-refractivity contribution in [2.75, 3.05) is 0 Å². The summed E-state index contributed by atoms with van der Waals surface area (Å²) >= 11 is 3.72. The van der Waals surface area contributed by atoms with Crippen molar-refractivity contribution in [3.63, 3.8) is 0 Å². The van der Waals surface area contributed by atoms with E-state index in [0.717, 1.165) is 4.47 Å². The summed E-state index contributed by atoms with van der Waals surface area (Å²) in [6.07, 6.45) is 0. The molecule has 0 N–H and O–H groups in total. The minimum atomic E-state index is -2.60. The van der Waals surface area contributed by atoms with Crippen LogP contribution in [0.25, 0.3) is 0 Å². The molecule has 0 aromatic heterocycles. The van der Waals surface area contributed by atoms with Crippen LogP contribution in [0.15, 0.2) is 120 Å². The molecule has 0 saturated heterocycles. The first-order valence-corrected chi connectivity index (χ1v) is 17.3. The molecule has 4 aromatic carbocycles. The van der Waals surface area contributed by atoms with Crippen molar-refractivity contribution in [1.29, 1.82) is 0 Å². The van der Waals surface area contributed by atoms with Crippen molar-refractivity contribution in [2.24, 2.45) is 0 Å². The molecule has 156 valence electrons. The zero-order valence-corrected chi connectivity index (χ0v) is 21.5. The van der Waals surface area contributed by atoms with Crippen LogP contribution in [-0.4, -0.2) is 15.4 Å². The molecule has 0 aliphatic rings. The van der Waals surface area contributed by atoms with Gasteiger partial charge in [-0.2, -0.15) is 0 Å². The van der Waals surface area contributed by atoms with Crippen LogP contribution in [0.1, 0.15) is 5.56 Å². The zero-order chi connectivity index (χ0) is 21.7. The molecule has 0 saturated carbocycles. The molecule has 0 bridgehead atoms. The lowest BCUT2D eigenvalue weighted by atomic mass is 10.2. The molecule has 0 heterocycles. The second-order valence-corrected chi connectivity index (χ2v) is 21.6. The zero-order valence-electron chi connectivity index (χ0n) is 18.0. The monoisotopic (exact) mass is 502 g/mol. The van der Waals surface area contributed by atoms with Gasteiger partial charge < -0.3 is 4.43 Å². The van der Waals surface area contributed by atoms with E-state index in [-0.39, 0.29) is 0 Å². The SMILES string of the molecule is C[Si](C)(c1ccccc1)[Si](OCc1ccccc1Br)(c1ccccc1)c1ccccc1. The summed E-state index contributed by atoms with van der Waals surface area (Å²) in [4.78, 5) is 0. The number of rotatable bonds is 7. The summed E-state index contributed by atoms with van der Waals surface area (Å²) in [5.74, 6) is 0. The van der Waals surface area contributed by atoms with Crippen molar-refractivity contribution in [1.82, 2.24) is 0 Å². The fourth-order valence-electron chi connectivity index (χ4n) is 4.44. The molecule has 0 radical (unpaired) electrons. The van der Waals surface area contributed by atoms with Gasteiger partial charge in [0.1, 0.15) is 7.59 Å². The van der Waals surface area contributed by atoms with Crippen molar-refractivity contribution < 1.29 is 4.43 Å². The maximum Gasteiger partial charge on any atom is 0.245 e. The molecule has 4 rings (SSSR count). The Morgan fingerprint density at radius 3 is 1.48 bits per heavy atom. The first-order valence-electron chi connectivity index (χ1n) is 10.6. The van der Waals surface area contributed by atoms with E-state index in [1.807, 2.05) is 0 Å². The summed E-state index contributed by atoms with van der Waals surface area (Å²) in [6.45, 7) is 5.55. The van der Waals surface area contributed by atoms with Gasteiger partial charge in [0.15, 0.2) is 0 Å². The highest BCUT2D eigenvalue weighted by Gasteiger charge is 2.55. The number of hydrogen-bond acceptors (Lipinski definition) is 1. The van der Waals surface area contributed by atoms with Gasteiger partial charge in [0.05, 0.1) is 6.61 Å². The quantitative estimate of drug-likeness (QED) is 0.306. The highest BCUT2D eigenvalue weighted by Crippen LogP contribution is 2.25. The Labute approximate surface area is 195 Å². The third kappa shape index (κ3) is 4.26. The van der Waals surface area contributed by atoms with Crippen molar-refractivity contribution in [3.8, 4) is 0 Å². The minimum absolute atomic E-state index is 0.584. The normalized spacial score (nSPS) is 12.0. The first-order chi connectivity index (χ1) is 15.1. The Morgan fingerprint density at radius 2 is 1.00 bits per heavy atom. The summed E-state index contributed by atoms with van der Waals surface area (Å²) in [5, 5.41) is 4.11. The van der Waals surface area contributed by atoms with E-state index in [0.29, 0.717) is 6.61 Å². The summed E-state index contributed by atoms with van der Waals surface area (Å²) in [6, 6.07) is 41.3. The second-order valence-electron chi connectivity index (χ2n) is 8.28. The Bertz CT molecular complexity index is 1080. The first kappa shape index (κ1) is 22.0. The smallest absolute Gasteiger partial charge is 0.245 e. The van der Waals surface area contributed by atoms with Crippen LogP contribution in [0.2, 0.25) is 13.1 Å². The molecule has 0 spiro atoms. The molecule has 0 aliphatic carbocycles. The molecule has 0 amide bonds. The Hall–Kier alpha value is -2.25. The van der Waals surface area contributed by atoms with Gasteiger partial charge >= 0.3 is 0 Å². The van der Waals surface area contributed by atoms with E-state index < -0.39 is 15.4 Å². The Kier molecular flexibility index (Phi) is 6.72. The van der Waals surface area contributed by atoms with Crippen LogP contribution in [0.4, 0.5) is 0 Å². The number of hydrogen-bond donors (Lipinski definition) is 0. The van der Waals surface area contributed by atoms with Crippen molar-refractivity contribution >= 4 is 46.9 Å². The molecule has 31 heavy (non-hydrogen) atoms. The van der Waals surface area contributed by atoms with E-state index in [9.17, 15) is 0 Å². The number of halogens is 1. The van der Waals surface area contributed by atoms with Crippen LogP contribution in [0.5, 0.6) is 0 Å². The van der Waals surface area contributed by atoms with Crippen LogP contribution in [-0.2, 0) is 11.0 Å². The predicted molar refractivity (Wildman–Crippen MR) is 140 cm³/mol. The maximum atomic E-state index is 7.26. The molecule has 0 unspecified atom stereocenters. The van der Waals surface area contributed by atoms with Crippen LogP contribution in [0, 0.1) is 0 Å². The van der Waals surface area contributed by atoms with E-state index >= 15 is 0 Å². The molecule has 4 aromatic rings. The summed E-state index contributed by atoms with van der Waals surface area (Å²) in [5.41, 5.74) is 1.18. The van der Waals surface area contributed by atoms with Gasteiger partial charge in [-0.25, -0.2) is 0 Å². The maximum absolute atomic E-state index is 7.26. The standard InChI is InChI=1S/C27H27BrOSi2/c1-30(2,24-15-6-3-7-16-24)31(25-17-8-4-9-18-25,26-19-10-5-11-20-26)29-22-23-14-12-13-21-27(23)28/h3-21H,22H2,1-2H3. The lowest BCUT2D eigenvalue weighted by Gasteiger charge is -2.44. The molecule has 0 fully saturated rings. The highest BCUT2D eigenvalue weighted by atomic mass is 79.9. The van der Waals surface area contributed by atoms with Crippen molar-refractivity contribution in [3.05, 3.63) is 125 Å². The number of benzene rings is 4. The molecular formula is C27H27BrOSi2. The highest BCUT2D eigenvalue weighted by molar-refractivity contribution is 9.10. The van der Waals surface area contributed by atoms with Gasteiger partial charge in [-0.15, -0.1) is 0 Å². The van der Waals surface area contributed by atoms with Crippen LogP contribution >= 0.6 is 15.9 Å². The topological polar surface area (TPSA) is 9.23 Å². The van der Waals surface area contributed by atoms with Gasteiger partial charge in [0.2, 0.25) is 7.83 Å². The van der Waals surface area contributed by atoms with Gasteiger partial charge in [0, 0.05) is 4.47 Å². The van der Waals surface area contributed by atoms with Gasteiger partial charge in [0.25, 0.3) is 0 Å². The second kappa shape index (κ2) is 9.49. The largest absolute Gasteiger partial charge is 0.406 e. The van der Waals surface area contributed by atoms with E-state index in [2.05, 4.69) is 144 Å². The molecule has 0 atom stereocenters. The average Bonchev–Trinajstić information content (AvgIpc) is 2.82. The Balaban J connectivity index is 1.94. The fraction of sp³-hybridized carbons (Fsp3) is 0.111. The predicted octanol–water partition coefficient (Wildman–Crippen LogP) is 5.42. The lowest BCUT2D eigenvalue weighted by Crippen LogP contribution is -2.80. The fourth-order valence-corrected chi connectivity index (χ4v) is 18.8. The van der Waals surface area contributed by atoms with Crippen LogP contribution in [0.3, 0.4) is 0 Å². The minimum Gasteiger partial charge on any atom is -0.406 e. The molecule has 4 heteroatoms. The lowest BCUT2D eigenvalue weighted by molar-refractivity contribution is 0.313. The third-order valence-corrected chi connectivity index (χ3v) is 21.6.